The standard InChI is InChI=1S/C20H26N2O4S/c1-20(2,3)21-27(24,25)17-12-10-15(11-13-17)19(23)22(4)14-16-8-6-7-9-18(16)26-5/h6-13,21H,14H2,1-5H3. The van der Waals surface area contributed by atoms with Gasteiger partial charge in [0.15, 0.2) is 0 Å². The van der Waals surface area contributed by atoms with Crippen LogP contribution in [0.2, 0.25) is 0 Å². The summed E-state index contributed by atoms with van der Waals surface area (Å²) >= 11 is 0. The Kier molecular flexibility index (Phi) is 6.28. The van der Waals surface area contributed by atoms with E-state index < -0.39 is 15.6 Å². The van der Waals surface area contributed by atoms with Crippen LogP contribution in [0.5, 0.6) is 5.75 Å². The number of benzene rings is 2. The lowest BCUT2D eigenvalue weighted by atomic mass is 10.1. The van der Waals surface area contributed by atoms with E-state index in [1.165, 1.54) is 24.3 Å². The number of nitrogens with one attached hydrogen (secondary N) is 1. The summed E-state index contributed by atoms with van der Waals surface area (Å²) in [5, 5.41) is 0. The zero-order valence-electron chi connectivity index (χ0n) is 16.3. The van der Waals surface area contributed by atoms with Crippen LogP contribution in [0.15, 0.2) is 53.4 Å². The van der Waals surface area contributed by atoms with Crippen LogP contribution in [0.1, 0.15) is 36.7 Å². The first-order chi connectivity index (χ1) is 12.5. The number of hydrogen-bond acceptors (Lipinski definition) is 4. The van der Waals surface area contributed by atoms with Gasteiger partial charge >= 0.3 is 0 Å². The summed E-state index contributed by atoms with van der Waals surface area (Å²) in [6, 6.07) is 13.4. The maximum Gasteiger partial charge on any atom is 0.253 e. The Morgan fingerprint density at radius 1 is 1.07 bits per heavy atom. The number of sulfonamides is 1. The molecule has 1 N–H and O–H groups in total. The van der Waals surface area contributed by atoms with E-state index in [0.717, 1.165) is 5.56 Å². The summed E-state index contributed by atoms with van der Waals surface area (Å²) in [5.41, 5.74) is 0.731. The maximum atomic E-state index is 12.7. The molecule has 2 aromatic carbocycles. The molecule has 0 aliphatic heterocycles. The topological polar surface area (TPSA) is 75.7 Å². The molecule has 0 heterocycles. The average molecular weight is 391 g/mol. The fraction of sp³-hybridized carbons (Fsp3) is 0.350. The molecule has 0 aliphatic rings. The Morgan fingerprint density at radius 3 is 2.22 bits per heavy atom. The van der Waals surface area contributed by atoms with E-state index in [1.54, 1.807) is 39.8 Å². The largest absolute Gasteiger partial charge is 0.496 e. The smallest absolute Gasteiger partial charge is 0.253 e. The molecule has 27 heavy (non-hydrogen) atoms. The third-order valence-corrected chi connectivity index (χ3v) is 5.57. The van der Waals surface area contributed by atoms with E-state index >= 15 is 0 Å². The van der Waals surface area contributed by atoms with Crippen molar-refractivity contribution in [1.29, 1.82) is 0 Å². The third-order valence-electron chi connectivity index (χ3n) is 3.80. The Hall–Kier alpha value is -2.38. The van der Waals surface area contributed by atoms with Gasteiger partial charge in [-0.3, -0.25) is 4.79 Å². The molecular weight excluding hydrogens is 364 g/mol. The number of nitrogens with zero attached hydrogens (tertiary/aromatic N) is 1. The molecule has 0 atom stereocenters. The van der Waals surface area contributed by atoms with Crippen molar-refractivity contribution in [3.8, 4) is 5.75 Å². The fourth-order valence-electron chi connectivity index (χ4n) is 2.62. The molecule has 0 radical (unpaired) electrons. The first-order valence-electron chi connectivity index (χ1n) is 8.55. The molecule has 0 fully saturated rings. The van der Waals surface area contributed by atoms with Crippen molar-refractivity contribution in [2.24, 2.45) is 0 Å². The maximum absolute atomic E-state index is 12.7. The lowest BCUT2D eigenvalue weighted by Gasteiger charge is -2.21. The number of methoxy groups -OCH3 is 1. The van der Waals surface area contributed by atoms with Crippen LogP contribution in [0.4, 0.5) is 0 Å². The molecule has 7 heteroatoms. The van der Waals surface area contributed by atoms with Gasteiger partial charge in [-0.25, -0.2) is 13.1 Å². The number of amides is 1. The molecule has 146 valence electrons. The highest BCUT2D eigenvalue weighted by atomic mass is 32.2. The highest BCUT2D eigenvalue weighted by Crippen LogP contribution is 2.20. The van der Waals surface area contributed by atoms with Crippen molar-refractivity contribution in [1.82, 2.24) is 9.62 Å². The molecule has 0 saturated heterocycles. The molecular formula is C20H26N2O4S. The van der Waals surface area contributed by atoms with Crippen molar-refractivity contribution in [2.45, 2.75) is 37.8 Å². The third kappa shape index (κ3) is 5.55. The normalized spacial score (nSPS) is 11.9. The predicted octanol–water partition coefficient (Wildman–Crippen LogP) is 3.04. The van der Waals surface area contributed by atoms with Gasteiger partial charge in [-0.2, -0.15) is 0 Å². The van der Waals surface area contributed by atoms with Crippen LogP contribution < -0.4 is 9.46 Å². The molecule has 6 nitrogen and oxygen atoms in total. The molecule has 2 aromatic rings. The molecule has 0 aromatic heterocycles. The van der Waals surface area contributed by atoms with Gasteiger partial charge in [0.25, 0.3) is 5.91 Å². The van der Waals surface area contributed by atoms with Crippen molar-refractivity contribution in [3.63, 3.8) is 0 Å². The molecule has 0 aliphatic carbocycles. The summed E-state index contributed by atoms with van der Waals surface area (Å²) < 4.78 is 32.6. The van der Waals surface area contributed by atoms with Crippen molar-refractivity contribution in [2.75, 3.05) is 14.2 Å². The first kappa shape index (κ1) is 20.9. The number of carbonyl (C=O) groups excluding carboxylic acids is 1. The first-order valence-corrected chi connectivity index (χ1v) is 10.0. The van der Waals surface area contributed by atoms with Gasteiger partial charge in [0.2, 0.25) is 10.0 Å². The molecule has 1 amide bonds. The Bertz CT molecular complexity index is 900. The van der Waals surface area contributed by atoms with E-state index in [9.17, 15) is 13.2 Å². The number of rotatable bonds is 6. The molecule has 0 spiro atoms. The van der Waals surface area contributed by atoms with Crippen LogP contribution >= 0.6 is 0 Å². The summed E-state index contributed by atoms with van der Waals surface area (Å²) in [4.78, 5) is 14.3. The van der Waals surface area contributed by atoms with Gasteiger partial charge < -0.3 is 9.64 Å². The van der Waals surface area contributed by atoms with Gasteiger partial charge in [-0.15, -0.1) is 0 Å². The number of carbonyl (C=O) groups is 1. The minimum absolute atomic E-state index is 0.126. The van der Waals surface area contributed by atoms with E-state index in [2.05, 4.69) is 4.72 Å². The van der Waals surface area contributed by atoms with Crippen LogP contribution in [-0.4, -0.2) is 38.9 Å². The summed E-state index contributed by atoms with van der Waals surface area (Å²) in [5.74, 6) is 0.514. The second-order valence-corrected chi connectivity index (χ2v) is 9.04. The highest BCUT2D eigenvalue weighted by molar-refractivity contribution is 7.89. The highest BCUT2D eigenvalue weighted by Gasteiger charge is 2.22. The van der Waals surface area contributed by atoms with Crippen LogP contribution in [-0.2, 0) is 16.6 Å². The predicted molar refractivity (Wildman–Crippen MR) is 105 cm³/mol. The van der Waals surface area contributed by atoms with Crippen LogP contribution in [0.3, 0.4) is 0 Å². The number of para-hydroxylation sites is 1. The summed E-state index contributed by atoms with van der Waals surface area (Å²) in [7, 11) is -0.346. The second kappa shape index (κ2) is 8.10. The minimum atomic E-state index is -3.63. The van der Waals surface area contributed by atoms with Crippen molar-refractivity contribution >= 4 is 15.9 Å². The fourth-order valence-corrected chi connectivity index (χ4v) is 4.04. The quantitative estimate of drug-likeness (QED) is 0.823. The lowest BCUT2D eigenvalue weighted by molar-refractivity contribution is 0.0784. The molecule has 0 saturated carbocycles. The van der Waals surface area contributed by atoms with Gasteiger partial charge in [-0.1, -0.05) is 18.2 Å². The average Bonchev–Trinajstić information content (AvgIpc) is 2.59. The van der Waals surface area contributed by atoms with E-state index in [-0.39, 0.29) is 10.8 Å². The summed E-state index contributed by atoms with van der Waals surface area (Å²) in [6.45, 7) is 5.70. The molecule has 0 bridgehead atoms. The lowest BCUT2D eigenvalue weighted by Crippen LogP contribution is -2.40. The van der Waals surface area contributed by atoms with Crippen molar-refractivity contribution in [3.05, 3.63) is 59.7 Å². The van der Waals surface area contributed by atoms with Gasteiger partial charge in [0.05, 0.1) is 12.0 Å². The SMILES string of the molecule is COc1ccccc1CN(C)C(=O)c1ccc(S(=O)(=O)NC(C)(C)C)cc1. The van der Waals surface area contributed by atoms with Gasteiger partial charge in [-0.05, 0) is 51.1 Å². The Labute approximate surface area is 161 Å². The second-order valence-electron chi connectivity index (χ2n) is 7.35. The van der Waals surface area contributed by atoms with E-state index in [0.29, 0.717) is 17.9 Å². The number of ether oxygens (including phenoxy) is 1. The minimum Gasteiger partial charge on any atom is -0.496 e. The zero-order valence-corrected chi connectivity index (χ0v) is 17.1. The summed E-state index contributed by atoms with van der Waals surface area (Å²) in [6.07, 6.45) is 0. The van der Waals surface area contributed by atoms with Gasteiger partial charge in [0.1, 0.15) is 5.75 Å². The molecule has 0 unspecified atom stereocenters. The van der Waals surface area contributed by atoms with Crippen molar-refractivity contribution < 1.29 is 17.9 Å². The van der Waals surface area contributed by atoms with Crippen LogP contribution in [0, 0.1) is 0 Å². The monoisotopic (exact) mass is 390 g/mol. The zero-order chi connectivity index (χ0) is 20.2. The Balaban J connectivity index is 2.15. The van der Waals surface area contributed by atoms with Crippen LogP contribution in [0.25, 0.3) is 0 Å². The van der Waals surface area contributed by atoms with E-state index in [4.69, 9.17) is 4.74 Å². The van der Waals surface area contributed by atoms with Gasteiger partial charge in [0, 0.05) is 30.3 Å². The molecule has 2 rings (SSSR count). The van der Waals surface area contributed by atoms with E-state index in [1.807, 2.05) is 24.3 Å². The number of hydrogen-bond donors (Lipinski definition) is 1. The Morgan fingerprint density at radius 2 is 1.67 bits per heavy atom.